The molecular weight excluding hydrogens is 196 g/mol. The fourth-order valence-corrected chi connectivity index (χ4v) is 1.75. The van der Waals surface area contributed by atoms with Crippen LogP contribution in [0.1, 0.15) is 5.56 Å². The van der Waals surface area contributed by atoms with Gasteiger partial charge in [-0.25, -0.2) is 0 Å². The van der Waals surface area contributed by atoms with E-state index in [0.29, 0.717) is 6.54 Å². The van der Waals surface area contributed by atoms with Gasteiger partial charge in [0.05, 0.1) is 0 Å². The Balaban J connectivity index is 2.32. The number of hydrogen-bond donors (Lipinski definition) is 2. The molecule has 2 rings (SSSR count). The van der Waals surface area contributed by atoms with E-state index in [9.17, 15) is 0 Å². The molecule has 0 amide bonds. The van der Waals surface area contributed by atoms with Gasteiger partial charge in [-0.3, -0.25) is 0 Å². The Labute approximate surface area is 95.9 Å². The summed E-state index contributed by atoms with van der Waals surface area (Å²) in [6, 6.07) is 16.4. The maximum atomic E-state index is 5.67. The molecule has 0 spiro atoms. The number of benzene rings is 2. The van der Waals surface area contributed by atoms with Crippen LogP contribution in [0.2, 0.25) is 0 Å². The molecule has 0 unspecified atom stereocenters. The van der Waals surface area contributed by atoms with Crippen molar-refractivity contribution in [1.82, 2.24) is 0 Å². The third-order valence-electron chi connectivity index (χ3n) is 2.60. The predicted molar refractivity (Wildman–Crippen MR) is 69.0 cm³/mol. The van der Waals surface area contributed by atoms with E-state index in [0.717, 1.165) is 12.1 Å². The van der Waals surface area contributed by atoms with Gasteiger partial charge in [-0.1, -0.05) is 36.4 Å². The summed E-state index contributed by atoms with van der Waals surface area (Å²) in [6.07, 6.45) is 0.919. The van der Waals surface area contributed by atoms with Crippen LogP contribution < -0.4 is 11.5 Å². The zero-order valence-corrected chi connectivity index (χ0v) is 9.19. The molecule has 2 aromatic rings. The molecule has 0 saturated carbocycles. The number of nitrogens with two attached hydrogens (primary N) is 2. The molecule has 0 saturated heterocycles. The Hall–Kier alpha value is -1.80. The van der Waals surface area contributed by atoms with Gasteiger partial charge in [-0.2, -0.15) is 0 Å². The van der Waals surface area contributed by atoms with Crippen molar-refractivity contribution in [3.8, 4) is 11.1 Å². The van der Waals surface area contributed by atoms with E-state index < -0.39 is 0 Å². The molecule has 0 aliphatic rings. The minimum atomic E-state index is 0.686. The molecule has 0 aliphatic heterocycles. The summed E-state index contributed by atoms with van der Waals surface area (Å²) in [6.45, 7) is 0.686. The highest BCUT2D eigenvalue weighted by molar-refractivity contribution is 5.66. The molecule has 0 atom stereocenters. The predicted octanol–water partition coefficient (Wildman–Crippen LogP) is 2.44. The minimum Gasteiger partial charge on any atom is -0.399 e. The molecule has 2 aromatic carbocycles. The average Bonchev–Trinajstić information content (AvgIpc) is 2.31. The van der Waals surface area contributed by atoms with Crippen molar-refractivity contribution in [2.24, 2.45) is 5.73 Å². The third kappa shape index (κ3) is 2.41. The summed E-state index contributed by atoms with van der Waals surface area (Å²) in [5.41, 5.74) is 15.7. The molecule has 0 heterocycles. The van der Waals surface area contributed by atoms with E-state index in [-0.39, 0.29) is 0 Å². The summed E-state index contributed by atoms with van der Waals surface area (Å²) < 4.78 is 0. The second-order valence-corrected chi connectivity index (χ2v) is 3.86. The Morgan fingerprint density at radius 2 is 1.62 bits per heavy atom. The molecule has 4 N–H and O–H groups in total. The first-order valence-electron chi connectivity index (χ1n) is 5.44. The highest BCUT2D eigenvalue weighted by Gasteiger charge is 1.98. The molecule has 82 valence electrons. The fraction of sp³-hybridized carbons (Fsp3) is 0.143. The van der Waals surface area contributed by atoms with Gasteiger partial charge in [0, 0.05) is 5.69 Å². The van der Waals surface area contributed by atoms with Crippen molar-refractivity contribution >= 4 is 5.69 Å². The van der Waals surface area contributed by atoms with E-state index in [1.807, 2.05) is 24.3 Å². The van der Waals surface area contributed by atoms with Gasteiger partial charge in [0.2, 0.25) is 0 Å². The first kappa shape index (κ1) is 10.7. The van der Waals surface area contributed by atoms with E-state index in [1.165, 1.54) is 16.7 Å². The number of anilines is 1. The normalized spacial score (nSPS) is 10.3. The molecule has 0 aromatic heterocycles. The Bertz CT molecular complexity index is 460. The molecule has 2 heteroatoms. The summed E-state index contributed by atoms with van der Waals surface area (Å²) in [5, 5.41) is 0. The van der Waals surface area contributed by atoms with Crippen LogP contribution in [-0.4, -0.2) is 6.54 Å². The van der Waals surface area contributed by atoms with Crippen molar-refractivity contribution in [1.29, 1.82) is 0 Å². The summed E-state index contributed by atoms with van der Waals surface area (Å²) in [5.74, 6) is 0. The zero-order valence-electron chi connectivity index (χ0n) is 9.19. The van der Waals surface area contributed by atoms with Crippen LogP contribution in [0.25, 0.3) is 11.1 Å². The van der Waals surface area contributed by atoms with E-state index in [2.05, 4.69) is 24.3 Å². The molecular formula is C14H16N2. The van der Waals surface area contributed by atoms with Crippen LogP contribution in [0.3, 0.4) is 0 Å². The lowest BCUT2D eigenvalue weighted by atomic mass is 10.0. The average molecular weight is 212 g/mol. The SMILES string of the molecule is NCCc1cccc(-c2ccc(N)cc2)c1. The molecule has 0 aliphatic carbocycles. The Morgan fingerprint density at radius 1 is 0.875 bits per heavy atom. The van der Waals surface area contributed by atoms with Crippen molar-refractivity contribution in [3.05, 3.63) is 54.1 Å². The van der Waals surface area contributed by atoms with Gasteiger partial charge in [-0.05, 0) is 41.8 Å². The van der Waals surface area contributed by atoms with Crippen LogP contribution in [-0.2, 0) is 6.42 Å². The molecule has 0 bridgehead atoms. The van der Waals surface area contributed by atoms with Crippen LogP contribution in [0.5, 0.6) is 0 Å². The van der Waals surface area contributed by atoms with Crippen molar-refractivity contribution in [2.75, 3.05) is 12.3 Å². The number of hydrogen-bond acceptors (Lipinski definition) is 2. The lowest BCUT2D eigenvalue weighted by molar-refractivity contribution is 0.969. The first-order chi connectivity index (χ1) is 7.79. The van der Waals surface area contributed by atoms with E-state index in [1.54, 1.807) is 0 Å². The standard InChI is InChI=1S/C14H16N2/c15-9-8-11-2-1-3-13(10-11)12-4-6-14(16)7-5-12/h1-7,10H,8-9,15-16H2. The van der Waals surface area contributed by atoms with Gasteiger partial charge in [0.1, 0.15) is 0 Å². The number of rotatable bonds is 3. The molecule has 0 radical (unpaired) electrons. The maximum Gasteiger partial charge on any atom is 0.0314 e. The zero-order chi connectivity index (χ0) is 11.4. The minimum absolute atomic E-state index is 0.686. The second-order valence-electron chi connectivity index (χ2n) is 3.86. The third-order valence-corrected chi connectivity index (χ3v) is 2.60. The fourth-order valence-electron chi connectivity index (χ4n) is 1.75. The first-order valence-corrected chi connectivity index (χ1v) is 5.44. The Kier molecular flexibility index (Phi) is 3.22. The van der Waals surface area contributed by atoms with Gasteiger partial charge in [-0.15, -0.1) is 0 Å². The van der Waals surface area contributed by atoms with Crippen LogP contribution in [0.4, 0.5) is 5.69 Å². The summed E-state index contributed by atoms with van der Waals surface area (Å²) in [7, 11) is 0. The molecule has 2 nitrogen and oxygen atoms in total. The number of nitrogen functional groups attached to an aromatic ring is 1. The van der Waals surface area contributed by atoms with Crippen molar-refractivity contribution in [3.63, 3.8) is 0 Å². The summed E-state index contributed by atoms with van der Waals surface area (Å²) in [4.78, 5) is 0. The molecule has 0 fully saturated rings. The highest BCUT2D eigenvalue weighted by atomic mass is 14.5. The van der Waals surface area contributed by atoms with Gasteiger partial charge < -0.3 is 11.5 Å². The monoisotopic (exact) mass is 212 g/mol. The van der Waals surface area contributed by atoms with Gasteiger partial charge in [0.15, 0.2) is 0 Å². The maximum absolute atomic E-state index is 5.67. The van der Waals surface area contributed by atoms with Crippen LogP contribution in [0, 0.1) is 0 Å². The second kappa shape index (κ2) is 4.81. The Morgan fingerprint density at radius 3 is 2.31 bits per heavy atom. The van der Waals surface area contributed by atoms with E-state index >= 15 is 0 Å². The topological polar surface area (TPSA) is 52.0 Å². The van der Waals surface area contributed by atoms with Crippen molar-refractivity contribution in [2.45, 2.75) is 6.42 Å². The largest absolute Gasteiger partial charge is 0.399 e. The van der Waals surface area contributed by atoms with E-state index in [4.69, 9.17) is 11.5 Å². The quantitative estimate of drug-likeness (QED) is 0.768. The summed E-state index contributed by atoms with van der Waals surface area (Å²) >= 11 is 0. The van der Waals surface area contributed by atoms with Gasteiger partial charge in [0.25, 0.3) is 0 Å². The van der Waals surface area contributed by atoms with Gasteiger partial charge >= 0.3 is 0 Å². The van der Waals surface area contributed by atoms with Crippen LogP contribution >= 0.6 is 0 Å². The lowest BCUT2D eigenvalue weighted by Crippen LogP contribution is -2.02. The lowest BCUT2D eigenvalue weighted by Gasteiger charge is -2.05. The smallest absolute Gasteiger partial charge is 0.0314 e. The van der Waals surface area contributed by atoms with Crippen LogP contribution in [0.15, 0.2) is 48.5 Å². The molecule has 16 heavy (non-hydrogen) atoms. The highest BCUT2D eigenvalue weighted by Crippen LogP contribution is 2.21. The van der Waals surface area contributed by atoms with Crippen molar-refractivity contribution < 1.29 is 0 Å².